The monoisotopic (exact) mass is 349 g/mol. The average Bonchev–Trinajstić information content (AvgIpc) is 2.41. The highest BCUT2D eigenvalue weighted by Crippen LogP contribution is 2.29. The maximum Gasteiger partial charge on any atom is 0.471 e. The van der Waals surface area contributed by atoms with Gasteiger partial charge in [-0.2, -0.15) is 13.2 Å². The number of carbonyl (C=O) groups excluding carboxylic acids is 1. The fourth-order valence-corrected chi connectivity index (χ4v) is 2.75. The Kier molecular flexibility index (Phi) is 6.47. The van der Waals surface area contributed by atoms with Gasteiger partial charge in [0.2, 0.25) is 0 Å². The van der Waals surface area contributed by atoms with E-state index in [0.717, 1.165) is 18.7 Å². The molecule has 0 aliphatic carbocycles. The molecule has 7 nitrogen and oxygen atoms in total. The molecule has 0 aromatic rings. The van der Waals surface area contributed by atoms with Crippen LogP contribution in [-0.2, 0) is 9.53 Å². The number of nitrogens with one attached hydrogen (secondary N) is 1. The molecule has 0 bridgehead atoms. The van der Waals surface area contributed by atoms with Gasteiger partial charge in [0.05, 0.1) is 12.1 Å². The Morgan fingerprint density at radius 2 is 1.77 bits per heavy atom. The fraction of sp³-hybridized carbons (Fsp3) is 0.909. The quantitative estimate of drug-likeness (QED) is 0.423. The summed E-state index contributed by atoms with van der Waals surface area (Å²) in [5.41, 5.74) is -1.03. The highest BCUT2D eigenvalue weighted by molar-refractivity contribution is 7.99. The van der Waals surface area contributed by atoms with Crippen LogP contribution in [0.2, 0.25) is 0 Å². The van der Waals surface area contributed by atoms with Crippen LogP contribution >= 0.6 is 11.8 Å². The summed E-state index contributed by atoms with van der Waals surface area (Å²) in [5.74, 6) is -2.31. The molecule has 1 rings (SSSR count). The number of aliphatic hydroxyl groups is 4. The minimum atomic E-state index is -5.18. The Morgan fingerprint density at radius 3 is 2.18 bits per heavy atom. The maximum absolute atomic E-state index is 12.3. The first-order valence-corrected chi connectivity index (χ1v) is 7.57. The Morgan fingerprint density at radius 1 is 1.23 bits per heavy atom. The van der Waals surface area contributed by atoms with E-state index in [9.17, 15) is 38.4 Å². The average molecular weight is 349 g/mol. The third kappa shape index (κ3) is 4.24. The molecule has 22 heavy (non-hydrogen) atoms. The molecule has 11 heteroatoms. The van der Waals surface area contributed by atoms with Gasteiger partial charge in [-0.3, -0.25) is 4.79 Å². The van der Waals surface area contributed by atoms with E-state index in [1.165, 1.54) is 11.6 Å². The largest absolute Gasteiger partial charge is 0.471 e. The van der Waals surface area contributed by atoms with Crippen LogP contribution in [0, 0.1) is 0 Å². The highest BCUT2D eigenvalue weighted by Gasteiger charge is 2.49. The predicted molar refractivity (Wildman–Crippen MR) is 69.9 cm³/mol. The lowest BCUT2D eigenvalue weighted by atomic mass is 9.92. The summed E-state index contributed by atoms with van der Waals surface area (Å²) in [6.07, 6.45) is -11.6. The van der Waals surface area contributed by atoms with Crippen molar-refractivity contribution >= 4 is 17.7 Å². The van der Waals surface area contributed by atoms with Crippen LogP contribution in [0.1, 0.15) is 6.92 Å². The predicted octanol–water partition coefficient (Wildman–Crippen LogP) is -1.42. The first-order valence-electron chi connectivity index (χ1n) is 6.29. The van der Waals surface area contributed by atoms with Crippen LogP contribution in [0.5, 0.6) is 0 Å². The van der Waals surface area contributed by atoms with E-state index in [-0.39, 0.29) is 0 Å². The van der Waals surface area contributed by atoms with Crippen molar-refractivity contribution in [2.45, 2.75) is 55.1 Å². The molecule has 1 aliphatic rings. The van der Waals surface area contributed by atoms with E-state index < -0.39 is 54.1 Å². The van der Waals surface area contributed by atoms with Gasteiger partial charge in [-0.1, -0.05) is 0 Å². The Labute approximate surface area is 128 Å². The fourth-order valence-electron chi connectivity index (χ4n) is 2.08. The van der Waals surface area contributed by atoms with Gasteiger partial charge in [-0.05, 0) is 13.2 Å². The summed E-state index contributed by atoms with van der Waals surface area (Å²) in [5, 5.41) is 40.4. The van der Waals surface area contributed by atoms with Crippen molar-refractivity contribution in [2.75, 3.05) is 6.26 Å². The number of carbonyl (C=O) groups is 1. The molecule has 5 N–H and O–H groups in total. The molecular weight excluding hydrogens is 331 g/mol. The molecule has 1 saturated heterocycles. The second-order valence-electron chi connectivity index (χ2n) is 4.91. The van der Waals surface area contributed by atoms with E-state index in [0.29, 0.717) is 0 Å². The number of halogens is 3. The zero-order valence-corrected chi connectivity index (χ0v) is 12.5. The van der Waals surface area contributed by atoms with E-state index in [2.05, 4.69) is 0 Å². The van der Waals surface area contributed by atoms with E-state index >= 15 is 0 Å². The SMILES string of the molecule is CSC1O[C@H]([C@H](NC(=O)C(F)(F)F)[C@@H](C)O)[C@@H](O)C(O)[C@H]1O. The Hall–Kier alpha value is -0.590. The molecule has 1 amide bonds. The summed E-state index contributed by atoms with van der Waals surface area (Å²) >= 11 is 0.957. The molecule has 1 heterocycles. The molecule has 0 radical (unpaired) electrons. The summed E-state index contributed by atoms with van der Waals surface area (Å²) in [6, 6.07) is -1.62. The van der Waals surface area contributed by atoms with Crippen LogP contribution in [0.3, 0.4) is 0 Å². The number of amides is 1. The smallest absolute Gasteiger partial charge is 0.391 e. The molecular formula is C11H18F3NO6S. The molecule has 2 unspecified atom stereocenters. The lowest BCUT2D eigenvalue weighted by Crippen LogP contribution is -2.65. The number of thioether (sulfide) groups is 1. The molecule has 130 valence electrons. The van der Waals surface area contributed by atoms with Crippen LogP contribution < -0.4 is 5.32 Å². The van der Waals surface area contributed by atoms with Gasteiger partial charge in [0.15, 0.2) is 0 Å². The number of hydrogen-bond acceptors (Lipinski definition) is 7. The first kappa shape index (κ1) is 19.5. The first-order chi connectivity index (χ1) is 10.0. The second-order valence-corrected chi connectivity index (χ2v) is 5.85. The minimum Gasteiger partial charge on any atom is -0.391 e. The Balaban J connectivity index is 2.97. The van der Waals surface area contributed by atoms with Gasteiger partial charge in [0.1, 0.15) is 29.9 Å². The van der Waals surface area contributed by atoms with Crippen LogP contribution in [0.15, 0.2) is 0 Å². The lowest BCUT2D eigenvalue weighted by molar-refractivity contribution is -0.214. The van der Waals surface area contributed by atoms with Crippen molar-refractivity contribution in [2.24, 2.45) is 0 Å². The normalized spacial score (nSPS) is 35.8. The molecule has 7 atom stereocenters. The molecule has 1 aliphatic heterocycles. The van der Waals surface area contributed by atoms with Gasteiger partial charge in [-0.15, -0.1) is 11.8 Å². The number of rotatable bonds is 4. The molecule has 1 fully saturated rings. The van der Waals surface area contributed by atoms with Gasteiger partial charge >= 0.3 is 12.1 Å². The lowest BCUT2D eigenvalue weighted by Gasteiger charge is -2.43. The molecule has 0 aromatic heterocycles. The summed E-state index contributed by atoms with van der Waals surface area (Å²) < 4.78 is 42.2. The van der Waals surface area contributed by atoms with E-state index in [4.69, 9.17) is 4.74 Å². The summed E-state index contributed by atoms with van der Waals surface area (Å²) in [6.45, 7) is 1.10. The van der Waals surface area contributed by atoms with Crippen molar-refractivity contribution < 1.29 is 43.1 Å². The second kappa shape index (κ2) is 7.32. The van der Waals surface area contributed by atoms with Crippen molar-refractivity contribution in [1.29, 1.82) is 0 Å². The van der Waals surface area contributed by atoms with Crippen LogP contribution in [-0.4, -0.2) is 80.8 Å². The zero-order valence-electron chi connectivity index (χ0n) is 11.7. The van der Waals surface area contributed by atoms with Gasteiger partial charge < -0.3 is 30.5 Å². The standard InChI is InChI=1S/C11H18F3NO6S/c1-3(16)4(15-10(20)11(12,13)14)8-6(18)5(17)7(19)9(21-8)22-2/h3-9,16-19H,1-2H3,(H,15,20)/t3-,4-,5?,6+,7-,8-,9?/m1/s1. The maximum atomic E-state index is 12.3. The van der Waals surface area contributed by atoms with Crippen LogP contribution in [0.4, 0.5) is 13.2 Å². The van der Waals surface area contributed by atoms with Crippen molar-refractivity contribution in [1.82, 2.24) is 5.32 Å². The van der Waals surface area contributed by atoms with E-state index in [1.807, 2.05) is 0 Å². The topological polar surface area (TPSA) is 119 Å². The molecule has 0 saturated carbocycles. The van der Waals surface area contributed by atoms with Crippen molar-refractivity contribution in [3.8, 4) is 0 Å². The number of alkyl halides is 3. The van der Waals surface area contributed by atoms with Crippen LogP contribution in [0.25, 0.3) is 0 Å². The van der Waals surface area contributed by atoms with E-state index in [1.54, 1.807) is 0 Å². The van der Waals surface area contributed by atoms with Crippen molar-refractivity contribution in [3.63, 3.8) is 0 Å². The number of aliphatic hydroxyl groups excluding tert-OH is 4. The highest BCUT2D eigenvalue weighted by atomic mass is 32.2. The number of hydrogen-bond donors (Lipinski definition) is 5. The van der Waals surface area contributed by atoms with Gasteiger partial charge in [0.25, 0.3) is 0 Å². The van der Waals surface area contributed by atoms with Gasteiger partial charge in [0, 0.05) is 0 Å². The summed E-state index contributed by atoms with van der Waals surface area (Å²) in [7, 11) is 0. The van der Waals surface area contributed by atoms with Crippen molar-refractivity contribution in [3.05, 3.63) is 0 Å². The third-order valence-corrected chi connectivity index (χ3v) is 4.12. The molecule has 0 spiro atoms. The number of ether oxygens (including phenoxy) is 1. The summed E-state index contributed by atoms with van der Waals surface area (Å²) in [4.78, 5) is 11.0. The minimum absolute atomic E-state index is 0.957. The Bertz CT molecular complexity index is 395. The third-order valence-electron chi connectivity index (χ3n) is 3.27. The molecule has 0 aromatic carbocycles. The van der Waals surface area contributed by atoms with Gasteiger partial charge in [-0.25, -0.2) is 0 Å². The zero-order chi connectivity index (χ0) is 17.2.